The van der Waals surface area contributed by atoms with Crippen LogP contribution in [0.1, 0.15) is 12.8 Å². The zero-order chi connectivity index (χ0) is 9.52. The average Bonchev–Trinajstić information content (AvgIpc) is 2.65. The Morgan fingerprint density at radius 1 is 1.69 bits per heavy atom. The molecule has 1 aliphatic rings. The maximum atomic E-state index is 11.2. The normalized spacial score (nSPS) is 20.1. The van der Waals surface area contributed by atoms with Crippen LogP contribution in [0.3, 0.4) is 0 Å². The summed E-state index contributed by atoms with van der Waals surface area (Å²) in [5.74, 6) is 2.08. The topological polar surface area (TPSA) is 53.8 Å². The van der Waals surface area contributed by atoms with E-state index in [4.69, 9.17) is 6.42 Å². The van der Waals surface area contributed by atoms with Gasteiger partial charge in [-0.15, -0.1) is 11.4 Å². The second-order valence-corrected chi connectivity index (χ2v) is 2.72. The smallest absolute Gasteiger partial charge is 0.272 e. The summed E-state index contributed by atoms with van der Waals surface area (Å²) in [5.41, 5.74) is 0. The Hall–Kier alpha value is -1.43. The van der Waals surface area contributed by atoms with E-state index in [0.29, 0.717) is 0 Å². The van der Waals surface area contributed by atoms with Crippen molar-refractivity contribution in [2.75, 3.05) is 13.1 Å². The minimum atomic E-state index is -0.210. The van der Waals surface area contributed by atoms with Crippen molar-refractivity contribution in [3.05, 3.63) is 0 Å². The van der Waals surface area contributed by atoms with E-state index in [0.717, 1.165) is 19.4 Å². The van der Waals surface area contributed by atoms with Crippen molar-refractivity contribution < 1.29 is 4.79 Å². The average molecular weight is 177 g/mol. The van der Waals surface area contributed by atoms with Gasteiger partial charge in [0.1, 0.15) is 6.54 Å². The Labute approximate surface area is 77.2 Å². The number of hydrogen-bond donors (Lipinski definition) is 1. The number of rotatable bonds is 2. The van der Waals surface area contributed by atoms with Gasteiger partial charge in [0.25, 0.3) is 5.91 Å². The molecule has 1 aliphatic heterocycles. The van der Waals surface area contributed by atoms with Crippen LogP contribution >= 0.6 is 0 Å². The first-order valence-corrected chi connectivity index (χ1v) is 4.17. The van der Waals surface area contributed by atoms with Crippen LogP contribution in [0.4, 0.5) is 0 Å². The van der Waals surface area contributed by atoms with Gasteiger partial charge in [0, 0.05) is 0 Å². The van der Waals surface area contributed by atoms with E-state index in [2.05, 4.69) is 27.2 Å². The lowest BCUT2D eigenvalue weighted by Gasteiger charge is -2.00. The first-order valence-electron chi connectivity index (χ1n) is 4.17. The van der Waals surface area contributed by atoms with Gasteiger partial charge >= 0.3 is 0 Å². The molecule has 13 heavy (non-hydrogen) atoms. The summed E-state index contributed by atoms with van der Waals surface area (Å²) in [7, 11) is 0. The van der Waals surface area contributed by atoms with Gasteiger partial charge < -0.3 is 5.32 Å². The van der Waals surface area contributed by atoms with E-state index in [-0.39, 0.29) is 18.5 Å². The standard InChI is InChI=1S/C9H11N3O/c1-2-5-10-7-12-9(13)8-4-3-6-11-8/h1,8,11H,3-6H2/t8-/m0/s1. The van der Waals surface area contributed by atoms with Crippen LogP contribution in [0.2, 0.25) is 0 Å². The second kappa shape index (κ2) is 5.26. The molecular formula is C9H11N3O. The van der Waals surface area contributed by atoms with E-state index < -0.39 is 0 Å². The summed E-state index contributed by atoms with van der Waals surface area (Å²) in [6, 6.07) is 2.14. The SMILES string of the molecule is C#CCN=C=NC(=O)[C@@H]1CCCN1. The molecule has 4 nitrogen and oxygen atoms in total. The summed E-state index contributed by atoms with van der Waals surface area (Å²) in [5, 5.41) is 3.03. The lowest BCUT2D eigenvalue weighted by atomic mass is 10.2. The summed E-state index contributed by atoms with van der Waals surface area (Å²) in [6.07, 6.45) is 6.81. The molecule has 0 unspecified atom stereocenters. The maximum absolute atomic E-state index is 11.2. The van der Waals surface area contributed by atoms with Crippen molar-refractivity contribution >= 4 is 11.9 Å². The van der Waals surface area contributed by atoms with Gasteiger partial charge in [0.05, 0.1) is 12.1 Å². The van der Waals surface area contributed by atoms with Crippen molar-refractivity contribution in [2.45, 2.75) is 18.9 Å². The Bertz CT molecular complexity index is 278. The van der Waals surface area contributed by atoms with Gasteiger partial charge in [-0.1, -0.05) is 5.92 Å². The molecule has 0 aromatic carbocycles. The third-order valence-electron chi connectivity index (χ3n) is 1.76. The molecule has 0 aromatic rings. The van der Waals surface area contributed by atoms with E-state index >= 15 is 0 Å². The van der Waals surface area contributed by atoms with Crippen LogP contribution in [-0.4, -0.2) is 31.0 Å². The van der Waals surface area contributed by atoms with Crippen LogP contribution in [0.5, 0.6) is 0 Å². The molecule has 0 bridgehead atoms. The molecule has 1 amide bonds. The molecule has 1 atom stereocenters. The molecule has 1 fully saturated rings. The fraction of sp³-hybridized carbons (Fsp3) is 0.556. The number of nitrogens with zero attached hydrogens (tertiary/aromatic N) is 2. The highest BCUT2D eigenvalue weighted by Gasteiger charge is 2.20. The Kier molecular flexibility index (Phi) is 3.90. The molecule has 68 valence electrons. The van der Waals surface area contributed by atoms with Gasteiger partial charge in [0.2, 0.25) is 0 Å². The van der Waals surface area contributed by atoms with Crippen molar-refractivity contribution in [2.24, 2.45) is 9.98 Å². The molecule has 1 N–H and O–H groups in total. The summed E-state index contributed by atoms with van der Waals surface area (Å²) in [6.45, 7) is 1.10. The van der Waals surface area contributed by atoms with Crippen LogP contribution in [0.15, 0.2) is 9.98 Å². The van der Waals surface area contributed by atoms with Gasteiger partial charge in [-0.25, -0.2) is 4.99 Å². The van der Waals surface area contributed by atoms with Crippen LogP contribution in [0.25, 0.3) is 0 Å². The summed E-state index contributed by atoms with van der Waals surface area (Å²) >= 11 is 0. The van der Waals surface area contributed by atoms with Gasteiger partial charge in [0.15, 0.2) is 0 Å². The molecule has 1 rings (SSSR count). The third kappa shape index (κ3) is 3.20. The molecule has 1 heterocycles. The predicted octanol–water partition coefficient (Wildman–Crippen LogP) is 0.0721. The fourth-order valence-corrected chi connectivity index (χ4v) is 1.14. The largest absolute Gasteiger partial charge is 0.306 e. The quantitative estimate of drug-likeness (QED) is 0.479. The van der Waals surface area contributed by atoms with Crippen molar-refractivity contribution in [1.29, 1.82) is 0 Å². The number of hydrogen-bond acceptors (Lipinski definition) is 3. The van der Waals surface area contributed by atoms with Gasteiger partial charge in [-0.05, 0) is 19.4 Å². The van der Waals surface area contributed by atoms with Gasteiger partial charge in [-0.3, -0.25) is 4.79 Å². The highest BCUT2D eigenvalue weighted by Crippen LogP contribution is 2.05. The van der Waals surface area contributed by atoms with Crippen molar-refractivity contribution in [3.8, 4) is 12.3 Å². The number of aliphatic imine (C=N–C) groups is 2. The Morgan fingerprint density at radius 3 is 3.15 bits per heavy atom. The summed E-state index contributed by atoms with van der Waals surface area (Å²) in [4.78, 5) is 18.3. The second-order valence-electron chi connectivity index (χ2n) is 2.72. The molecule has 0 aromatic heterocycles. The number of carbonyl (C=O) groups excluding carboxylic acids is 1. The highest BCUT2D eigenvalue weighted by molar-refractivity contribution is 5.87. The fourth-order valence-electron chi connectivity index (χ4n) is 1.14. The predicted molar refractivity (Wildman–Crippen MR) is 49.6 cm³/mol. The summed E-state index contributed by atoms with van der Waals surface area (Å²) < 4.78 is 0. The molecule has 1 saturated heterocycles. The van der Waals surface area contributed by atoms with Crippen LogP contribution in [0, 0.1) is 12.3 Å². The van der Waals surface area contributed by atoms with E-state index in [1.807, 2.05) is 0 Å². The lowest BCUT2D eigenvalue weighted by molar-refractivity contribution is -0.119. The zero-order valence-electron chi connectivity index (χ0n) is 7.29. The molecule has 4 heteroatoms. The number of carbonyl (C=O) groups is 1. The number of amides is 1. The van der Waals surface area contributed by atoms with Crippen molar-refractivity contribution in [3.63, 3.8) is 0 Å². The first kappa shape index (κ1) is 9.66. The third-order valence-corrected chi connectivity index (χ3v) is 1.76. The molecule has 0 radical (unpaired) electrons. The molecule has 0 spiro atoms. The van der Waals surface area contributed by atoms with E-state index in [1.165, 1.54) is 0 Å². The van der Waals surface area contributed by atoms with E-state index in [1.54, 1.807) is 0 Å². The maximum Gasteiger partial charge on any atom is 0.272 e. The Balaban J connectivity index is 2.40. The lowest BCUT2D eigenvalue weighted by Crippen LogP contribution is -2.29. The molecule has 0 saturated carbocycles. The zero-order valence-corrected chi connectivity index (χ0v) is 7.29. The highest BCUT2D eigenvalue weighted by atomic mass is 16.1. The molecular weight excluding hydrogens is 166 g/mol. The molecule has 0 aliphatic carbocycles. The van der Waals surface area contributed by atoms with Crippen LogP contribution in [-0.2, 0) is 4.79 Å². The van der Waals surface area contributed by atoms with Crippen LogP contribution < -0.4 is 5.32 Å². The monoisotopic (exact) mass is 177 g/mol. The van der Waals surface area contributed by atoms with Crippen molar-refractivity contribution in [1.82, 2.24) is 5.32 Å². The van der Waals surface area contributed by atoms with Gasteiger partial charge in [-0.2, -0.15) is 0 Å². The number of terminal acetylenes is 1. The Morgan fingerprint density at radius 2 is 2.54 bits per heavy atom. The first-order chi connectivity index (χ1) is 6.34. The minimum Gasteiger partial charge on any atom is -0.306 e. The number of nitrogens with one attached hydrogen (secondary N) is 1. The van der Waals surface area contributed by atoms with E-state index in [9.17, 15) is 4.79 Å². The minimum absolute atomic E-state index is 0.145.